The van der Waals surface area contributed by atoms with Gasteiger partial charge in [0.2, 0.25) is 0 Å². The Balaban J connectivity index is 0.000000239. The standard InChI is InChI=1S/C18H22Cl2N2O.C17H24N2OS.H3NS/c1-3-12(4-2)21-10-13-17(22-23-18(13)11-8-9-11)16-14(19)6-5-7-15(16)20;1-6-19(4)16(21-5)18-13-7-8-14(12(2)11-13)15(20)17(3)9-10-17;1-2/h5-7,11-12,21H,3-4,8-10H2,1-2H3;7-8,11H,6,9-10H2,1-5H3;2H,1H2. The van der Waals surface area contributed by atoms with Crippen LogP contribution in [0.5, 0.6) is 0 Å². The third-order valence-electron chi connectivity index (χ3n) is 8.73. The Hall–Kier alpha value is -2.01. The summed E-state index contributed by atoms with van der Waals surface area (Å²) in [6.45, 7) is 12.2. The smallest absolute Gasteiger partial charge is 0.168 e. The minimum absolute atomic E-state index is 0.109. The van der Waals surface area contributed by atoms with Crippen molar-refractivity contribution in [1.82, 2.24) is 15.4 Å². The molecule has 0 unspecified atom stereocenters. The van der Waals surface area contributed by atoms with E-state index in [1.165, 1.54) is 12.8 Å². The molecule has 0 aliphatic heterocycles. The predicted molar refractivity (Wildman–Crippen MR) is 200 cm³/mol. The molecule has 0 atom stereocenters. The highest BCUT2D eigenvalue weighted by molar-refractivity contribution is 8.13. The van der Waals surface area contributed by atoms with Crippen LogP contribution in [-0.4, -0.2) is 46.9 Å². The number of aromatic nitrogens is 1. The second-order valence-corrected chi connectivity index (χ2v) is 13.7. The fraction of sp³-hybridized carbons (Fsp3) is 0.514. The van der Waals surface area contributed by atoms with Gasteiger partial charge in [-0.3, -0.25) is 9.93 Å². The van der Waals surface area contributed by atoms with Gasteiger partial charge in [0.15, 0.2) is 11.0 Å². The van der Waals surface area contributed by atoms with Crippen molar-refractivity contribution < 1.29 is 9.32 Å². The lowest BCUT2D eigenvalue weighted by Crippen LogP contribution is -2.27. The molecule has 3 N–H and O–H groups in total. The Morgan fingerprint density at radius 1 is 1.17 bits per heavy atom. The van der Waals surface area contributed by atoms with Gasteiger partial charge in [0.1, 0.15) is 11.5 Å². The van der Waals surface area contributed by atoms with Crippen LogP contribution in [-0.2, 0) is 6.54 Å². The molecule has 2 saturated carbocycles. The van der Waals surface area contributed by atoms with Gasteiger partial charge in [-0.05, 0) is 94.5 Å². The number of hydrogen-bond donors (Lipinski definition) is 3. The van der Waals surface area contributed by atoms with Crippen LogP contribution < -0.4 is 10.5 Å². The summed E-state index contributed by atoms with van der Waals surface area (Å²) in [5, 5.41) is 14.3. The number of ketones is 1. The molecule has 7 nitrogen and oxygen atoms in total. The second kappa shape index (κ2) is 17.9. The maximum Gasteiger partial charge on any atom is 0.168 e. The van der Waals surface area contributed by atoms with Gasteiger partial charge in [0.05, 0.1) is 15.7 Å². The summed E-state index contributed by atoms with van der Waals surface area (Å²) >= 11 is 17.4. The van der Waals surface area contributed by atoms with Crippen molar-refractivity contribution in [2.75, 3.05) is 19.8 Å². The van der Waals surface area contributed by atoms with Crippen LogP contribution in [0.3, 0.4) is 0 Å². The molecule has 1 aromatic heterocycles. The van der Waals surface area contributed by atoms with E-state index in [0.717, 1.165) is 83.3 Å². The number of thiol groups is 1. The number of rotatable bonds is 11. The summed E-state index contributed by atoms with van der Waals surface area (Å²) in [7, 11) is 2.04. The number of Topliss-reactive ketones (excluding diaryl/α,β-unsaturated/α-hetero) is 1. The molecule has 0 radical (unpaired) electrons. The quantitative estimate of drug-likeness (QED) is 0.0791. The molecule has 0 spiro atoms. The maximum atomic E-state index is 12.4. The van der Waals surface area contributed by atoms with E-state index in [-0.39, 0.29) is 11.2 Å². The lowest BCUT2D eigenvalue weighted by atomic mass is 9.93. The first-order valence-electron chi connectivity index (χ1n) is 16.0. The van der Waals surface area contributed by atoms with Crippen LogP contribution in [0.2, 0.25) is 10.0 Å². The van der Waals surface area contributed by atoms with E-state index in [1.807, 2.05) is 56.6 Å². The first-order chi connectivity index (χ1) is 22.1. The third kappa shape index (κ3) is 9.77. The van der Waals surface area contributed by atoms with Gasteiger partial charge in [-0.25, -0.2) is 4.99 Å². The van der Waals surface area contributed by atoms with Crippen molar-refractivity contribution in [1.29, 1.82) is 0 Å². The fourth-order valence-corrected chi connectivity index (χ4v) is 6.36. The molecule has 3 aromatic rings. The average Bonchev–Trinajstić information content (AvgIpc) is 4.00. The van der Waals surface area contributed by atoms with Crippen molar-refractivity contribution in [3.05, 3.63) is 68.9 Å². The van der Waals surface area contributed by atoms with Crippen molar-refractivity contribution in [3.63, 3.8) is 0 Å². The topological polar surface area (TPSA) is 96.8 Å². The van der Waals surface area contributed by atoms with Crippen molar-refractivity contribution in [2.24, 2.45) is 15.5 Å². The number of thioether (sulfide) groups is 1. The molecule has 11 heteroatoms. The lowest BCUT2D eigenvalue weighted by molar-refractivity contribution is 0.0912. The number of carbonyl (C=O) groups excluding carboxylic acids is 1. The van der Waals surface area contributed by atoms with Gasteiger partial charge < -0.3 is 14.7 Å². The monoisotopic (exact) mass is 705 g/mol. The van der Waals surface area contributed by atoms with E-state index in [2.05, 4.69) is 66.0 Å². The molecular weight excluding hydrogens is 657 g/mol. The molecule has 0 amide bonds. The molecule has 2 aliphatic carbocycles. The van der Waals surface area contributed by atoms with E-state index < -0.39 is 0 Å². The Bertz CT molecular complexity index is 1460. The van der Waals surface area contributed by atoms with Crippen LogP contribution >= 0.6 is 47.8 Å². The zero-order chi connectivity index (χ0) is 34.0. The van der Waals surface area contributed by atoms with Gasteiger partial charge in [0.25, 0.3) is 0 Å². The number of nitrogens with zero attached hydrogens (tertiary/aromatic N) is 3. The minimum atomic E-state index is -0.109. The molecule has 2 aromatic carbocycles. The lowest BCUT2D eigenvalue weighted by Gasteiger charge is -2.17. The SMILES string of the molecule is CCC(CC)NCc1c(-c2c(Cl)cccc2Cl)noc1C1CC1.CCN(C)C(=Nc1ccc(C(=O)C2(C)CC2)c(C)c1)SC.NS. The highest BCUT2D eigenvalue weighted by Gasteiger charge is 2.45. The molecule has 1 heterocycles. The normalized spacial score (nSPS) is 15.1. The molecule has 46 heavy (non-hydrogen) atoms. The number of amidine groups is 1. The average molecular weight is 707 g/mol. The van der Waals surface area contributed by atoms with Crippen LogP contribution in [0.15, 0.2) is 45.9 Å². The summed E-state index contributed by atoms with van der Waals surface area (Å²) < 4.78 is 5.68. The number of nitrogens with one attached hydrogen (secondary N) is 1. The molecule has 2 aliphatic rings. The van der Waals surface area contributed by atoms with Gasteiger partial charge in [-0.15, -0.1) is 12.8 Å². The highest BCUT2D eigenvalue weighted by Crippen LogP contribution is 2.48. The van der Waals surface area contributed by atoms with Crippen molar-refractivity contribution in [2.45, 2.75) is 91.6 Å². The number of benzene rings is 2. The summed E-state index contributed by atoms with van der Waals surface area (Å²) in [6.07, 6.45) is 8.60. The van der Waals surface area contributed by atoms with Gasteiger partial charge in [-0.1, -0.05) is 67.0 Å². The second-order valence-electron chi connectivity index (χ2n) is 12.1. The van der Waals surface area contributed by atoms with E-state index in [9.17, 15) is 4.79 Å². The molecule has 252 valence electrons. The van der Waals surface area contributed by atoms with Crippen molar-refractivity contribution >= 4 is 64.4 Å². The Morgan fingerprint density at radius 2 is 1.80 bits per heavy atom. The molecular formula is C35H49Cl2N5O2S2. The fourth-order valence-electron chi connectivity index (χ4n) is 5.15. The largest absolute Gasteiger partial charge is 0.360 e. The maximum absolute atomic E-state index is 12.4. The molecule has 0 bridgehead atoms. The van der Waals surface area contributed by atoms with Crippen molar-refractivity contribution in [3.8, 4) is 11.3 Å². The third-order valence-corrected chi connectivity index (χ3v) is 10.1. The molecule has 0 saturated heterocycles. The van der Waals surface area contributed by atoms with Crippen LogP contribution in [0, 0.1) is 12.3 Å². The van der Waals surface area contributed by atoms with Gasteiger partial charge in [0, 0.05) is 54.2 Å². The number of aliphatic imine (C=N–C) groups is 1. The Morgan fingerprint density at radius 3 is 2.30 bits per heavy atom. The van der Waals surface area contributed by atoms with Crippen LogP contribution in [0.25, 0.3) is 11.3 Å². The number of halogens is 2. The minimum Gasteiger partial charge on any atom is -0.360 e. The summed E-state index contributed by atoms with van der Waals surface area (Å²) in [5.74, 6) is 1.77. The zero-order valence-corrected chi connectivity index (χ0v) is 31.3. The van der Waals surface area contributed by atoms with E-state index in [1.54, 1.807) is 11.8 Å². The first kappa shape index (κ1) is 38.4. The Labute approximate surface area is 295 Å². The molecule has 2 fully saturated rings. The van der Waals surface area contributed by atoms with Crippen LogP contribution in [0.1, 0.15) is 99.4 Å². The number of hydrogen-bond acceptors (Lipinski definition) is 8. The first-order valence-corrected chi connectivity index (χ1v) is 18.5. The zero-order valence-electron chi connectivity index (χ0n) is 28.1. The number of aryl methyl sites for hydroxylation is 1. The molecule has 5 rings (SSSR count). The summed E-state index contributed by atoms with van der Waals surface area (Å²) in [4.78, 5) is 19.2. The van der Waals surface area contributed by atoms with Gasteiger partial charge in [-0.2, -0.15) is 0 Å². The number of carbonyl (C=O) groups is 1. The van der Waals surface area contributed by atoms with E-state index in [0.29, 0.717) is 22.0 Å². The van der Waals surface area contributed by atoms with E-state index in [4.69, 9.17) is 27.7 Å². The van der Waals surface area contributed by atoms with E-state index >= 15 is 0 Å². The van der Waals surface area contributed by atoms with Gasteiger partial charge >= 0.3 is 0 Å². The number of nitrogens with two attached hydrogens (primary N) is 1. The summed E-state index contributed by atoms with van der Waals surface area (Å²) in [5.41, 5.74) is 5.33. The predicted octanol–water partition coefficient (Wildman–Crippen LogP) is 9.87. The van der Waals surface area contributed by atoms with Crippen LogP contribution in [0.4, 0.5) is 5.69 Å². The highest BCUT2D eigenvalue weighted by atomic mass is 35.5. The Kier molecular flexibility index (Phi) is 15.0. The summed E-state index contributed by atoms with van der Waals surface area (Å²) in [6, 6.07) is 11.9.